The van der Waals surface area contributed by atoms with Crippen LogP contribution in [0.3, 0.4) is 0 Å². The molecule has 0 aliphatic carbocycles. The van der Waals surface area contributed by atoms with E-state index in [0.717, 1.165) is 62.4 Å². The van der Waals surface area contributed by atoms with E-state index < -0.39 is 0 Å². The van der Waals surface area contributed by atoms with Crippen molar-refractivity contribution in [2.24, 2.45) is 0 Å². The number of rotatable bonds is 5. The average Bonchev–Trinajstić information content (AvgIpc) is 3.01. The van der Waals surface area contributed by atoms with Gasteiger partial charge in [0, 0.05) is 60.1 Å². The molecule has 0 bridgehead atoms. The third-order valence-electron chi connectivity index (χ3n) is 7.33. The highest BCUT2D eigenvalue weighted by Crippen LogP contribution is 2.33. The molecule has 2 amide bonds. The topological polar surface area (TPSA) is 83.9 Å². The summed E-state index contributed by atoms with van der Waals surface area (Å²) < 4.78 is 0. The van der Waals surface area contributed by atoms with Gasteiger partial charge >= 0.3 is 6.03 Å². The number of pyridine rings is 2. The van der Waals surface area contributed by atoms with E-state index in [0.29, 0.717) is 25.3 Å². The Morgan fingerprint density at radius 3 is 2.52 bits per heavy atom. The van der Waals surface area contributed by atoms with Gasteiger partial charge in [-0.1, -0.05) is 37.3 Å². The first-order chi connectivity index (χ1) is 19.6. The number of anilines is 1. The van der Waals surface area contributed by atoms with Crippen molar-refractivity contribution in [2.45, 2.75) is 33.2 Å². The van der Waals surface area contributed by atoms with Crippen LogP contribution in [-0.2, 0) is 19.4 Å². The van der Waals surface area contributed by atoms with Crippen LogP contribution >= 0.6 is 0 Å². The second-order valence-electron chi connectivity index (χ2n) is 9.99. The molecular formula is C33H30N6O. The van der Waals surface area contributed by atoms with Gasteiger partial charge < -0.3 is 10.2 Å². The summed E-state index contributed by atoms with van der Waals surface area (Å²) in [6, 6.07) is 22.1. The van der Waals surface area contributed by atoms with E-state index in [4.69, 9.17) is 9.97 Å². The maximum atomic E-state index is 13.6. The van der Waals surface area contributed by atoms with Gasteiger partial charge in [0.1, 0.15) is 0 Å². The number of nitrogens with one attached hydrogen (secondary N) is 1. The Balaban J connectivity index is 1.32. The number of carbonyl (C=O) groups excluding carboxylic acids is 1. The minimum atomic E-state index is -0.133. The van der Waals surface area contributed by atoms with Crippen LogP contribution in [0.4, 0.5) is 10.5 Å². The fraction of sp³-hybridized carbons (Fsp3) is 0.182. The minimum absolute atomic E-state index is 0.133. The van der Waals surface area contributed by atoms with Crippen LogP contribution in [-0.4, -0.2) is 37.4 Å². The molecule has 0 fully saturated rings. The molecule has 0 atom stereocenters. The van der Waals surface area contributed by atoms with Crippen LogP contribution in [0.5, 0.6) is 0 Å². The smallest absolute Gasteiger partial charge is 0.320 e. The van der Waals surface area contributed by atoms with Gasteiger partial charge in [0.15, 0.2) is 5.82 Å². The molecule has 198 valence electrons. The molecule has 6 rings (SSSR count). The number of amides is 2. The number of benzene rings is 2. The van der Waals surface area contributed by atoms with Gasteiger partial charge in [-0.2, -0.15) is 0 Å². The molecule has 2 aromatic carbocycles. The third-order valence-corrected chi connectivity index (χ3v) is 7.33. The largest absolute Gasteiger partial charge is 0.322 e. The average molecular weight is 527 g/mol. The summed E-state index contributed by atoms with van der Waals surface area (Å²) in [6.45, 7) is 5.21. The van der Waals surface area contributed by atoms with E-state index in [-0.39, 0.29) is 6.03 Å². The van der Waals surface area contributed by atoms with Gasteiger partial charge in [0.2, 0.25) is 0 Å². The van der Waals surface area contributed by atoms with Crippen LogP contribution in [0.25, 0.3) is 33.8 Å². The van der Waals surface area contributed by atoms with Crippen LogP contribution < -0.4 is 5.32 Å². The van der Waals surface area contributed by atoms with Crippen molar-refractivity contribution in [1.82, 2.24) is 24.8 Å². The standard InChI is InChI=1S/C33H30N6O/c1-3-23-17-26(24-10-14-34-15-11-24)19-27(18-23)36-33(40)39-16-12-30-29(21-39)31(28-9-5-4-7-22(28)2)38-32(37-30)25-8-6-13-35-20-25/h4-11,13-15,17-20H,3,12,16,21H2,1-2H3,(H,36,40). The van der Waals surface area contributed by atoms with Gasteiger partial charge in [0.25, 0.3) is 0 Å². The van der Waals surface area contributed by atoms with Crippen LogP contribution in [0.1, 0.15) is 29.3 Å². The number of hydrogen-bond acceptors (Lipinski definition) is 5. The van der Waals surface area contributed by atoms with Gasteiger partial charge in [-0.3, -0.25) is 9.97 Å². The Bertz CT molecular complexity index is 1670. The molecule has 0 saturated heterocycles. The highest BCUT2D eigenvalue weighted by atomic mass is 16.2. The zero-order valence-corrected chi connectivity index (χ0v) is 22.6. The molecule has 4 heterocycles. The first kappa shape index (κ1) is 25.4. The lowest BCUT2D eigenvalue weighted by atomic mass is 9.96. The monoisotopic (exact) mass is 526 g/mol. The van der Waals surface area contributed by atoms with Crippen molar-refractivity contribution in [3.63, 3.8) is 0 Å². The zero-order valence-electron chi connectivity index (χ0n) is 22.6. The zero-order chi connectivity index (χ0) is 27.5. The molecule has 1 aliphatic rings. The molecular weight excluding hydrogens is 496 g/mol. The van der Waals surface area contributed by atoms with E-state index in [2.05, 4.69) is 47.3 Å². The fourth-order valence-electron chi connectivity index (χ4n) is 5.15. The summed E-state index contributed by atoms with van der Waals surface area (Å²) in [5, 5.41) is 3.16. The minimum Gasteiger partial charge on any atom is -0.320 e. The van der Waals surface area contributed by atoms with Crippen molar-refractivity contribution in [3.8, 4) is 33.8 Å². The van der Waals surface area contributed by atoms with Gasteiger partial charge in [0.05, 0.1) is 17.9 Å². The van der Waals surface area contributed by atoms with Gasteiger partial charge in [-0.15, -0.1) is 0 Å². The third kappa shape index (κ3) is 5.18. The molecule has 40 heavy (non-hydrogen) atoms. The summed E-state index contributed by atoms with van der Waals surface area (Å²) >= 11 is 0. The Morgan fingerprint density at radius 2 is 1.75 bits per heavy atom. The maximum Gasteiger partial charge on any atom is 0.322 e. The number of aryl methyl sites for hydroxylation is 2. The maximum absolute atomic E-state index is 13.6. The molecule has 1 N–H and O–H groups in total. The van der Waals surface area contributed by atoms with E-state index in [1.54, 1.807) is 24.8 Å². The lowest BCUT2D eigenvalue weighted by Gasteiger charge is -2.30. The Hall–Kier alpha value is -4.91. The first-order valence-corrected chi connectivity index (χ1v) is 13.6. The Morgan fingerprint density at radius 1 is 0.900 bits per heavy atom. The number of nitrogens with zero attached hydrogens (tertiary/aromatic N) is 5. The molecule has 7 nitrogen and oxygen atoms in total. The van der Waals surface area contributed by atoms with Gasteiger partial charge in [-0.05, 0) is 72.0 Å². The number of carbonyl (C=O) groups is 1. The molecule has 0 unspecified atom stereocenters. The number of aromatic nitrogens is 4. The highest BCUT2D eigenvalue weighted by molar-refractivity contribution is 5.91. The fourth-order valence-corrected chi connectivity index (χ4v) is 5.15. The second-order valence-corrected chi connectivity index (χ2v) is 9.99. The summed E-state index contributed by atoms with van der Waals surface area (Å²) in [5.74, 6) is 0.656. The second kappa shape index (κ2) is 11.1. The van der Waals surface area contributed by atoms with Crippen LogP contribution in [0.2, 0.25) is 0 Å². The number of fused-ring (bicyclic) bond motifs is 1. The predicted molar refractivity (Wildman–Crippen MR) is 158 cm³/mol. The number of hydrogen-bond donors (Lipinski definition) is 1. The lowest BCUT2D eigenvalue weighted by Crippen LogP contribution is -2.39. The SMILES string of the molecule is CCc1cc(NC(=O)N2CCc3nc(-c4cccnc4)nc(-c4ccccc4C)c3C2)cc(-c2ccncc2)c1. The van der Waals surface area contributed by atoms with Crippen LogP contribution in [0.15, 0.2) is 91.5 Å². The van der Waals surface area contributed by atoms with Crippen molar-refractivity contribution in [2.75, 3.05) is 11.9 Å². The molecule has 3 aromatic heterocycles. The molecule has 0 saturated carbocycles. The predicted octanol–water partition coefficient (Wildman–Crippen LogP) is 6.73. The first-order valence-electron chi connectivity index (χ1n) is 13.6. The van der Waals surface area contributed by atoms with E-state index >= 15 is 0 Å². The lowest BCUT2D eigenvalue weighted by molar-refractivity contribution is 0.206. The Kier molecular flexibility index (Phi) is 7.02. The summed E-state index contributed by atoms with van der Waals surface area (Å²) in [7, 11) is 0. The summed E-state index contributed by atoms with van der Waals surface area (Å²) in [4.78, 5) is 33.8. The quantitative estimate of drug-likeness (QED) is 0.275. The summed E-state index contributed by atoms with van der Waals surface area (Å²) in [6.07, 6.45) is 8.62. The van der Waals surface area contributed by atoms with Crippen molar-refractivity contribution in [1.29, 1.82) is 0 Å². The van der Waals surface area contributed by atoms with Crippen molar-refractivity contribution < 1.29 is 4.79 Å². The van der Waals surface area contributed by atoms with Crippen molar-refractivity contribution in [3.05, 3.63) is 114 Å². The van der Waals surface area contributed by atoms with Gasteiger partial charge in [-0.25, -0.2) is 14.8 Å². The Labute approximate surface area is 234 Å². The highest BCUT2D eigenvalue weighted by Gasteiger charge is 2.27. The molecule has 1 aliphatic heterocycles. The van der Waals surface area contributed by atoms with E-state index in [1.807, 2.05) is 53.4 Å². The normalized spacial score (nSPS) is 12.6. The molecule has 0 spiro atoms. The molecule has 5 aromatic rings. The number of urea groups is 1. The van der Waals surface area contributed by atoms with E-state index in [9.17, 15) is 4.79 Å². The molecule has 7 heteroatoms. The molecule has 0 radical (unpaired) electrons. The van der Waals surface area contributed by atoms with Crippen LogP contribution in [0, 0.1) is 6.92 Å². The van der Waals surface area contributed by atoms with E-state index in [1.165, 1.54) is 0 Å². The van der Waals surface area contributed by atoms with Crippen molar-refractivity contribution >= 4 is 11.7 Å². The summed E-state index contributed by atoms with van der Waals surface area (Å²) in [5.41, 5.74) is 9.95.